The van der Waals surface area contributed by atoms with Crippen LogP contribution in [-0.2, 0) is 9.59 Å². The molecule has 1 unspecified atom stereocenters. The van der Waals surface area contributed by atoms with Gasteiger partial charge in [-0.15, -0.1) is 0 Å². The van der Waals surface area contributed by atoms with Crippen LogP contribution in [0.15, 0.2) is 36.4 Å². The van der Waals surface area contributed by atoms with Crippen molar-refractivity contribution in [3.05, 3.63) is 42.0 Å². The van der Waals surface area contributed by atoms with Crippen molar-refractivity contribution in [2.24, 2.45) is 0 Å². The van der Waals surface area contributed by atoms with Crippen molar-refractivity contribution in [1.82, 2.24) is 3.82 Å². The van der Waals surface area contributed by atoms with Gasteiger partial charge in [-0.05, 0) is 0 Å². The number of imide groups is 1. The standard InChI is InChI=1S/C10H8AsNO2/c11-12-9(13)6-8(10(12)14)7-4-2-1-3-5-7/h1-6H,11H2. The van der Waals surface area contributed by atoms with E-state index in [0.717, 1.165) is 22.6 Å². The van der Waals surface area contributed by atoms with E-state index in [1.54, 1.807) is 0 Å². The molecule has 70 valence electrons. The third-order valence-corrected chi connectivity index (χ3v) is 3.07. The van der Waals surface area contributed by atoms with Crippen LogP contribution >= 0.6 is 0 Å². The van der Waals surface area contributed by atoms with Crippen molar-refractivity contribution in [2.45, 2.75) is 0 Å². The summed E-state index contributed by atoms with van der Waals surface area (Å²) in [5.74, 6) is -0.435. The molecular formula is C10H8AsNO2. The van der Waals surface area contributed by atoms with Crippen molar-refractivity contribution in [2.75, 3.05) is 0 Å². The SMILES string of the molecule is O=C1C=C(c2ccccc2)C(=O)N1[AsH2]. The van der Waals surface area contributed by atoms with E-state index in [4.69, 9.17) is 0 Å². The monoisotopic (exact) mass is 249 g/mol. The predicted octanol–water partition coefficient (Wildman–Crippen LogP) is -0.0131. The Labute approximate surface area is 90.1 Å². The molecule has 1 atom stereocenters. The fourth-order valence-electron chi connectivity index (χ4n) is 1.31. The summed E-state index contributed by atoms with van der Waals surface area (Å²) in [6, 6.07) is 9.21. The van der Waals surface area contributed by atoms with Crippen LogP contribution in [0, 0.1) is 0 Å². The van der Waals surface area contributed by atoms with Crippen molar-refractivity contribution in [3.8, 4) is 0 Å². The Balaban J connectivity index is 2.43. The first kappa shape index (κ1) is 9.22. The quantitative estimate of drug-likeness (QED) is 0.518. The van der Waals surface area contributed by atoms with Crippen molar-refractivity contribution in [3.63, 3.8) is 0 Å². The molecule has 0 saturated heterocycles. The Kier molecular flexibility index (Phi) is 2.26. The normalized spacial score (nSPS) is 16.1. The molecule has 1 aliphatic rings. The minimum absolute atomic E-state index is 0.207. The minimum atomic E-state index is -0.228. The number of nitrogens with zero attached hydrogens (tertiary/aromatic N) is 1. The topological polar surface area (TPSA) is 37.4 Å². The number of carbonyl (C=O) groups is 2. The summed E-state index contributed by atoms with van der Waals surface area (Å²) in [4.78, 5) is 22.8. The van der Waals surface area contributed by atoms with E-state index in [9.17, 15) is 9.59 Å². The van der Waals surface area contributed by atoms with Crippen LogP contribution in [0.4, 0.5) is 0 Å². The summed E-state index contributed by atoms with van der Waals surface area (Å²) < 4.78 is 1.18. The molecule has 1 aliphatic heterocycles. The molecule has 0 aliphatic carbocycles. The average Bonchev–Trinajstić information content (AvgIpc) is 2.47. The zero-order valence-electron chi connectivity index (χ0n) is 7.31. The van der Waals surface area contributed by atoms with Gasteiger partial charge < -0.3 is 0 Å². The van der Waals surface area contributed by atoms with Gasteiger partial charge >= 0.3 is 89.8 Å². The van der Waals surface area contributed by atoms with E-state index in [1.165, 1.54) is 9.89 Å². The molecule has 0 fully saturated rings. The molecule has 0 aromatic heterocycles. The molecule has 1 aromatic carbocycles. The molecule has 1 aromatic rings. The second-order valence-corrected chi connectivity index (χ2v) is 4.02. The third kappa shape index (κ3) is 1.40. The van der Waals surface area contributed by atoms with Gasteiger partial charge in [0.25, 0.3) is 0 Å². The van der Waals surface area contributed by atoms with Gasteiger partial charge in [-0.3, -0.25) is 0 Å². The summed E-state index contributed by atoms with van der Waals surface area (Å²) in [7, 11) is 0. The predicted molar refractivity (Wildman–Crippen MR) is 54.8 cm³/mol. The van der Waals surface area contributed by atoms with Crippen LogP contribution < -0.4 is 0 Å². The van der Waals surface area contributed by atoms with Crippen molar-refractivity contribution >= 4 is 34.5 Å². The summed E-state index contributed by atoms with van der Waals surface area (Å²) in [5.41, 5.74) is 1.28. The van der Waals surface area contributed by atoms with Crippen LogP contribution in [0.25, 0.3) is 5.57 Å². The van der Waals surface area contributed by atoms with Gasteiger partial charge in [0, 0.05) is 0 Å². The number of hydrogen-bond donors (Lipinski definition) is 0. The molecule has 2 amide bonds. The zero-order chi connectivity index (χ0) is 10.1. The molecule has 0 saturated carbocycles. The molecule has 1 heterocycles. The van der Waals surface area contributed by atoms with E-state index >= 15 is 0 Å². The Bertz CT molecular complexity index is 425. The van der Waals surface area contributed by atoms with E-state index in [0.29, 0.717) is 5.57 Å². The first-order valence-corrected chi connectivity index (χ1v) is 5.19. The maximum absolute atomic E-state index is 11.6. The van der Waals surface area contributed by atoms with Crippen LogP contribution in [0.2, 0.25) is 0 Å². The van der Waals surface area contributed by atoms with Crippen molar-refractivity contribution < 1.29 is 9.59 Å². The molecule has 14 heavy (non-hydrogen) atoms. The fourth-order valence-corrected chi connectivity index (χ4v) is 1.76. The molecule has 0 spiro atoms. The van der Waals surface area contributed by atoms with Gasteiger partial charge in [0.1, 0.15) is 0 Å². The van der Waals surface area contributed by atoms with E-state index in [-0.39, 0.29) is 11.8 Å². The van der Waals surface area contributed by atoms with Crippen LogP contribution in [0.1, 0.15) is 5.56 Å². The summed E-state index contributed by atoms with van der Waals surface area (Å²) in [6.07, 6.45) is 1.39. The number of carbonyl (C=O) groups excluding carboxylic acids is 2. The van der Waals surface area contributed by atoms with E-state index in [2.05, 4.69) is 0 Å². The summed E-state index contributed by atoms with van der Waals surface area (Å²) in [5, 5.41) is 0. The Morgan fingerprint density at radius 2 is 1.71 bits per heavy atom. The Hall–Kier alpha value is -1.34. The average molecular weight is 249 g/mol. The van der Waals surface area contributed by atoms with E-state index in [1.807, 2.05) is 30.3 Å². The maximum atomic E-state index is 11.6. The van der Waals surface area contributed by atoms with Crippen molar-refractivity contribution in [1.29, 1.82) is 0 Å². The molecule has 0 bridgehead atoms. The van der Waals surface area contributed by atoms with Crippen LogP contribution in [0.3, 0.4) is 0 Å². The Morgan fingerprint density at radius 3 is 2.21 bits per heavy atom. The zero-order valence-corrected chi connectivity index (χ0v) is 9.73. The van der Waals surface area contributed by atoms with Crippen LogP contribution in [0.5, 0.6) is 0 Å². The second kappa shape index (κ2) is 3.43. The summed E-state index contributed by atoms with van der Waals surface area (Å²) >= 11 is 1.01. The molecule has 3 nitrogen and oxygen atoms in total. The number of benzene rings is 1. The number of amides is 2. The molecule has 0 radical (unpaired) electrons. The second-order valence-electron chi connectivity index (χ2n) is 2.94. The molecule has 4 heteroatoms. The summed E-state index contributed by atoms with van der Waals surface area (Å²) in [6.45, 7) is 0. The van der Waals surface area contributed by atoms with Gasteiger partial charge in [-0.25, -0.2) is 0 Å². The molecule has 0 N–H and O–H groups in total. The fraction of sp³-hybridized carbons (Fsp3) is 0. The van der Waals surface area contributed by atoms with E-state index < -0.39 is 0 Å². The molecule has 2 rings (SSSR count). The van der Waals surface area contributed by atoms with Gasteiger partial charge in [0.2, 0.25) is 0 Å². The third-order valence-electron chi connectivity index (χ3n) is 2.04. The molecular weight excluding hydrogens is 241 g/mol. The van der Waals surface area contributed by atoms with Gasteiger partial charge in [-0.1, -0.05) is 0 Å². The first-order chi connectivity index (χ1) is 6.70. The number of rotatable bonds is 1. The van der Waals surface area contributed by atoms with Gasteiger partial charge in [0.05, 0.1) is 0 Å². The van der Waals surface area contributed by atoms with Gasteiger partial charge in [0.15, 0.2) is 0 Å². The Morgan fingerprint density at radius 1 is 1.07 bits per heavy atom. The first-order valence-electron chi connectivity index (χ1n) is 4.10. The van der Waals surface area contributed by atoms with Gasteiger partial charge in [-0.2, -0.15) is 0 Å². The van der Waals surface area contributed by atoms with Crippen LogP contribution in [-0.4, -0.2) is 32.7 Å². The number of hydrogen-bond acceptors (Lipinski definition) is 2.